The number of rotatable bonds is 6. The van der Waals surface area contributed by atoms with E-state index in [0.29, 0.717) is 5.25 Å². The number of unbranched alkanes of at least 4 members (excludes halogenated alkanes) is 1. The summed E-state index contributed by atoms with van der Waals surface area (Å²) in [6.07, 6.45) is 3.80. The largest absolute Gasteiger partial charge is 0.118 e. The van der Waals surface area contributed by atoms with Gasteiger partial charge < -0.3 is 0 Å². The summed E-state index contributed by atoms with van der Waals surface area (Å²) in [5, 5.41) is 0.577. The minimum absolute atomic E-state index is 0.577. The van der Waals surface area contributed by atoms with Crippen LogP contribution in [-0.4, -0.2) is 0 Å². The molecule has 1 unspecified atom stereocenters. The topological polar surface area (TPSA) is 0 Å². The van der Waals surface area contributed by atoms with E-state index in [9.17, 15) is 0 Å². The van der Waals surface area contributed by atoms with Crippen molar-refractivity contribution < 1.29 is 0 Å². The average molecular weight is 256 g/mol. The number of benzene rings is 2. The van der Waals surface area contributed by atoms with Crippen molar-refractivity contribution in [2.45, 2.75) is 36.3 Å². The molecule has 94 valence electrons. The van der Waals surface area contributed by atoms with Gasteiger partial charge in [-0.25, -0.2) is 0 Å². The lowest BCUT2D eigenvalue weighted by Gasteiger charge is -2.16. The summed E-state index contributed by atoms with van der Waals surface area (Å²) in [6, 6.07) is 21.6. The Balaban J connectivity index is 2.10. The Morgan fingerprint density at radius 2 is 1.50 bits per heavy atom. The molecule has 0 saturated heterocycles. The van der Waals surface area contributed by atoms with Crippen molar-refractivity contribution >= 4 is 11.8 Å². The van der Waals surface area contributed by atoms with Crippen LogP contribution in [0.15, 0.2) is 65.6 Å². The number of hydrogen-bond donors (Lipinski definition) is 0. The molecule has 2 aromatic carbocycles. The van der Waals surface area contributed by atoms with E-state index in [1.165, 1.54) is 29.7 Å². The SMILES string of the molecule is CCCCC(Sc1ccccc1)c1ccccc1. The van der Waals surface area contributed by atoms with Gasteiger partial charge in [0.1, 0.15) is 0 Å². The molecule has 0 radical (unpaired) electrons. The summed E-state index contributed by atoms with van der Waals surface area (Å²) < 4.78 is 0. The van der Waals surface area contributed by atoms with Crippen LogP contribution in [0.1, 0.15) is 37.0 Å². The smallest absolute Gasteiger partial charge is 0.0344 e. The molecule has 0 saturated carbocycles. The van der Waals surface area contributed by atoms with E-state index >= 15 is 0 Å². The summed E-state index contributed by atoms with van der Waals surface area (Å²) in [7, 11) is 0. The summed E-state index contributed by atoms with van der Waals surface area (Å²) in [4.78, 5) is 1.36. The molecule has 0 bridgehead atoms. The Hall–Kier alpha value is -1.21. The third-order valence-corrected chi connectivity index (χ3v) is 4.35. The van der Waals surface area contributed by atoms with Crippen molar-refractivity contribution in [1.29, 1.82) is 0 Å². The molecule has 0 aromatic heterocycles. The molecule has 0 aliphatic heterocycles. The second-order valence-corrected chi connectivity index (χ2v) is 5.75. The molecule has 1 heteroatoms. The first-order valence-corrected chi connectivity index (χ1v) is 7.54. The van der Waals surface area contributed by atoms with E-state index < -0.39 is 0 Å². The van der Waals surface area contributed by atoms with Gasteiger partial charge in [-0.15, -0.1) is 11.8 Å². The zero-order valence-corrected chi connectivity index (χ0v) is 11.7. The lowest BCUT2D eigenvalue weighted by Crippen LogP contribution is -1.94. The van der Waals surface area contributed by atoms with Crippen molar-refractivity contribution in [3.63, 3.8) is 0 Å². The molecule has 0 aliphatic carbocycles. The highest BCUT2D eigenvalue weighted by Crippen LogP contribution is 2.38. The highest BCUT2D eigenvalue weighted by Gasteiger charge is 2.12. The van der Waals surface area contributed by atoms with Gasteiger partial charge in [0.2, 0.25) is 0 Å². The first kappa shape index (κ1) is 13.2. The lowest BCUT2D eigenvalue weighted by atomic mass is 10.1. The van der Waals surface area contributed by atoms with E-state index in [1.807, 2.05) is 11.8 Å². The maximum Gasteiger partial charge on any atom is 0.0344 e. The van der Waals surface area contributed by atoms with Gasteiger partial charge in [-0.1, -0.05) is 68.3 Å². The van der Waals surface area contributed by atoms with E-state index in [2.05, 4.69) is 67.6 Å². The molecule has 0 spiro atoms. The van der Waals surface area contributed by atoms with Crippen molar-refractivity contribution in [2.24, 2.45) is 0 Å². The summed E-state index contributed by atoms with van der Waals surface area (Å²) in [5.74, 6) is 0. The minimum atomic E-state index is 0.577. The van der Waals surface area contributed by atoms with Crippen LogP contribution in [0.4, 0.5) is 0 Å². The molecule has 0 aliphatic rings. The van der Waals surface area contributed by atoms with Gasteiger partial charge >= 0.3 is 0 Å². The zero-order chi connectivity index (χ0) is 12.6. The fourth-order valence-corrected chi connectivity index (χ4v) is 3.23. The third kappa shape index (κ3) is 3.92. The monoisotopic (exact) mass is 256 g/mol. The van der Waals surface area contributed by atoms with Crippen molar-refractivity contribution in [3.05, 3.63) is 66.2 Å². The van der Waals surface area contributed by atoms with E-state index in [0.717, 1.165) is 0 Å². The maximum atomic E-state index is 2.26. The summed E-state index contributed by atoms with van der Waals surface area (Å²) in [6.45, 7) is 2.26. The number of thioether (sulfide) groups is 1. The highest BCUT2D eigenvalue weighted by molar-refractivity contribution is 7.99. The molecule has 1 atom stereocenters. The van der Waals surface area contributed by atoms with Crippen LogP contribution in [0, 0.1) is 0 Å². The predicted octanol–water partition coefficient (Wildman–Crippen LogP) is 5.71. The van der Waals surface area contributed by atoms with Crippen LogP contribution < -0.4 is 0 Å². The van der Waals surface area contributed by atoms with Gasteiger partial charge in [-0.3, -0.25) is 0 Å². The van der Waals surface area contributed by atoms with Crippen molar-refractivity contribution in [1.82, 2.24) is 0 Å². The molecule has 0 N–H and O–H groups in total. The molecule has 0 heterocycles. The van der Waals surface area contributed by atoms with Crippen LogP contribution in [0.25, 0.3) is 0 Å². The Kier molecular flexibility index (Phi) is 5.35. The van der Waals surface area contributed by atoms with E-state index in [1.54, 1.807) is 0 Å². The fraction of sp³-hybridized carbons (Fsp3) is 0.294. The van der Waals surface area contributed by atoms with Crippen LogP contribution in [-0.2, 0) is 0 Å². The van der Waals surface area contributed by atoms with Gasteiger partial charge in [-0.05, 0) is 24.1 Å². The Morgan fingerprint density at radius 1 is 0.889 bits per heavy atom. The quantitative estimate of drug-likeness (QED) is 0.596. The van der Waals surface area contributed by atoms with Gasteiger partial charge in [0.05, 0.1) is 0 Å². The summed E-state index contributed by atoms with van der Waals surface area (Å²) >= 11 is 1.98. The molecular weight excluding hydrogens is 236 g/mol. The lowest BCUT2D eigenvalue weighted by molar-refractivity contribution is 0.706. The van der Waals surface area contributed by atoms with Gasteiger partial charge in [-0.2, -0.15) is 0 Å². The van der Waals surface area contributed by atoms with Gasteiger partial charge in [0.15, 0.2) is 0 Å². The minimum Gasteiger partial charge on any atom is -0.118 e. The second-order valence-electron chi connectivity index (χ2n) is 4.47. The van der Waals surface area contributed by atoms with Crippen LogP contribution in [0.3, 0.4) is 0 Å². The third-order valence-electron chi connectivity index (χ3n) is 3.01. The fourth-order valence-electron chi connectivity index (χ4n) is 2.01. The molecule has 0 nitrogen and oxygen atoms in total. The van der Waals surface area contributed by atoms with Crippen molar-refractivity contribution in [3.8, 4) is 0 Å². The van der Waals surface area contributed by atoms with Gasteiger partial charge in [0, 0.05) is 10.1 Å². The first-order valence-electron chi connectivity index (χ1n) is 6.67. The predicted molar refractivity (Wildman–Crippen MR) is 81.0 cm³/mol. The highest BCUT2D eigenvalue weighted by atomic mass is 32.2. The maximum absolute atomic E-state index is 2.26. The molecule has 2 rings (SSSR count). The zero-order valence-electron chi connectivity index (χ0n) is 10.9. The van der Waals surface area contributed by atoms with Crippen LogP contribution in [0.2, 0.25) is 0 Å². The molecule has 0 amide bonds. The molecular formula is C17H20S. The standard InChI is InChI=1S/C17H20S/c1-2-3-14-17(15-10-6-4-7-11-15)18-16-12-8-5-9-13-16/h4-13,17H,2-3,14H2,1H3. The Labute approximate surface area is 114 Å². The van der Waals surface area contributed by atoms with Crippen LogP contribution >= 0.6 is 11.8 Å². The van der Waals surface area contributed by atoms with E-state index in [-0.39, 0.29) is 0 Å². The van der Waals surface area contributed by atoms with Crippen molar-refractivity contribution in [2.75, 3.05) is 0 Å². The normalized spacial score (nSPS) is 12.3. The molecule has 2 aromatic rings. The van der Waals surface area contributed by atoms with E-state index in [4.69, 9.17) is 0 Å². The number of hydrogen-bond acceptors (Lipinski definition) is 1. The Morgan fingerprint density at radius 3 is 2.11 bits per heavy atom. The summed E-state index contributed by atoms with van der Waals surface area (Å²) in [5.41, 5.74) is 1.44. The average Bonchev–Trinajstić information content (AvgIpc) is 2.45. The Bertz CT molecular complexity index is 436. The first-order chi connectivity index (χ1) is 8.90. The second kappa shape index (κ2) is 7.27. The molecule has 18 heavy (non-hydrogen) atoms. The molecule has 0 fully saturated rings. The van der Waals surface area contributed by atoms with Gasteiger partial charge in [0.25, 0.3) is 0 Å². The van der Waals surface area contributed by atoms with Crippen LogP contribution in [0.5, 0.6) is 0 Å².